The summed E-state index contributed by atoms with van der Waals surface area (Å²) in [4.78, 5) is 52.7. The lowest BCUT2D eigenvalue weighted by Gasteiger charge is -2.49. The Morgan fingerprint density at radius 3 is 2.29 bits per heavy atom. The number of carbonyl (C=O) groups excluding carboxylic acids is 4. The standard InChI is InChI=1S/C27H30N2O11S2/c1-5-38-25(33)40-18-13-11-17(12-14-18)20(42(34,35)36)21(30)28-19-22(31)29-23(19)41-26(2,3)27(29,37-4)24(32)39-15-16-9-7-6-8-10-16/h6-14,19-20,23H,5,15H2,1-4H3,(H,28,30)(H,34,35,36)/t19-,20+,23+,27+/m0/s1. The predicted molar refractivity (Wildman–Crippen MR) is 149 cm³/mol. The fraction of sp³-hybridized carbons (Fsp3) is 0.407. The maximum absolute atomic E-state index is 13.4. The average Bonchev–Trinajstić information content (AvgIpc) is 3.15. The third kappa shape index (κ3) is 5.69. The molecule has 2 N–H and O–H groups in total. The number of benzene rings is 2. The van der Waals surface area contributed by atoms with Crippen LogP contribution in [0.2, 0.25) is 0 Å². The fourth-order valence-electron chi connectivity index (χ4n) is 4.96. The van der Waals surface area contributed by atoms with E-state index in [0.29, 0.717) is 0 Å². The van der Waals surface area contributed by atoms with Crippen molar-refractivity contribution in [3.05, 3.63) is 65.7 Å². The Morgan fingerprint density at radius 2 is 1.71 bits per heavy atom. The molecule has 2 aromatic rings. The molecule has 15 heteroatoms. The molecule has 2 heterocycles. The molecule has 0 spiro atoms. The molecule has 0 unspecified atom stereocenters. The number of hydrogen-bond donors (Lipinski definition) is 2. The van der Waals surface area contributed by atoms with Gasteiger partial charge in [0.2, 0.25) is 5.91 Å². The summed E-state index contributed by atoms with van der Waals surface area (Å²) in [5.74, 6) is -2.66. The van der Waals surface area contributed by atoms with E-state index in [1.54, 1.807) is 45.0 Å². The van der Waals surface area contributed by atoms with Crippen LogP contribution in [0.3, 0.4) is 0 Å². The van der Waals surface area contributed by atoms with Gasteiger partial charge in [-0.15, -0.1) is 11.8 Å². The maximum atomic E-state index is 13.4. The van der Waals surface area contributed by atoms with Gasteiger partial charge in [0.1, 0.15) is 23.8 Å². The molecular formula is C27H30N2O11S2. The minimum Gasteiger partial charge on any atom is -0.457 e. The molecule has 2 fully saturated rings. The maximum Gasteiger partial charge on any atom is 0.513 e. The van der Waals surface area contributed by atoms with Crippen LogP contribution in [-0.2, 0) is 45.3 Å². The molecule has 2 aliphatic rings. The number of fused-ring (bicyclic) bond motifs is 1. The number of nitrogens with zero attached hydrogens (tertiary/aromatic N) is 1. The van der Waals surface area contributed by atoms with Crippen molar-refractivity contribution >= 4 is 45.8 Å². The van der Waals surface area contributed by atoms with Crippen LogP contribution in [0.4, 0.5) is 4.79 Å². The fourth-order valence-corrected chi connectivity index (χ4v) is 7.50. The molecule has 13 nitrogen and oxygen atoms in total. The molecule has 4 atom stereocenters. The molecule has 0 bridgehead atoms. The second-order valence-electron chi connectivity index (χ2n) is 9.87. The van der Waals surface area contributed by atoms with Gasteiger partial charge in [0.25, 0.3) is 21.8 Å². The average molecular weight is 623 g/mol. The molecule has 0 aromatic heterocycles. The Kier molecular flexibility index (Phi) is 8.87. The normalized spacial score (nSPS) is 23.3. The van der Waals surface area contributed by atoms with Crippen LogP contribution in [0.5, 0.6) is 5.75 Å². The minimum atomic E-state index is -5.00. The van der Waals surface area contributed by atoms with Crippen molar-refractivity contribution < 1.29 is 51.1 Å². The van der Waals surface area contributed by atoms with E-state index in [2.05, 4.69) is 10.1 Å². The molecule has 226 valence electrons. The number of carbonyl (C=O) groups is 4. The summed E-state index contributed by atoms with van der Waals surface area (Å²) in [6.07, 6.45) is -0.976. The Hall–Kier alpha value is -3.66. The monoisotopic (exact) mass is 622 g/mol. The van der Waals surface area contributed by atoms with E-state index in [4.69, 9.17) is 14.2 Å². The van der Waals surface area contributed by atoms with Gasteiger partial charge in [0.15, 0.2) is 5.25 Å². The summed E-state index contributed by atoms with van der Waals surface area (Å²) in [7, 11) is -3.73. The summed E-state index contributed by atoms with van der Waals surface area (Å²) in [6, 6.07) is 12.5. The van der Waals surface area contributed by atoms with Crippen molar-refractivity contribution in [1.82, 2.24) is 10.2 Å². The van der Waals surface area contributed by atoms with Crippen molar-refractivity contribution in [1.29, 1.82) is 0 Å². The van der Waals surface area contributed by atoms with E-state index in [-0.39, 0.29) is 24.5 Å². The van der Waals surface area contributed by atoms with Gasteiger partial charge in [-0.1, -0.05) is 42.5 Å². The van der Waals surface area contributed by atoms with E-state index < -0.39 is 61.2 Å². The number of esters is 1. The first-order chi connectivity index (χ1) is 19.8. The summed E-state index contributed by atoms with van der Waals surface area (Å²) in [5.41, 5.74) is -1.24. The van der Waals surface area contributed by atoms with Gasteiger partial charge >= 0.3 is 12.1 Å². The van der Waals surface area contributed by atoms with Crippen LogP contribution in [0, 0.1) is 0 Å². The summed E-state index contributed by atoms with van der Waals surface area (Å²) in [6.45, 7) is 4.99. The largest absolute Gasteiger partial charge is 0.513 e. The number of β-lactam (4-membered cyclic amide) rings is 1. The lowest BCUT2D eigenvalue weighted by Crippen LogP contribution is -2.76. The van der Waals surface area contributed by atoms with Gasteiger partial charge in [0, 0.05) is 7.11 Å². The van der Waals surface area contributed by atoms with E-state index in [0.717, 1.165) is 5.56 Å². The van der Waals surface area contributed by atoms with Crippen LogP contribution >= 0.6 is 11.8 Å². The van der Waals surface area contributed by atoms with E-state index in [1.807, 2.05) is 6.07 Å². The smallest absolute Gasteiger partial charge is 0.457 e. The van der Waals surface area contributed by atoms with E-state index >= 15 is 0 Å². The number of nitrogens with one attached hydrogen (secondary N) is 1. The number of rotatable bonds is 10. The first kappa shape index (κ1) is 31.3. The van der Waals surface area contributed by atoms with Crippen molar-refractivity contribution in [3.8, 4) is 5.75 Å². The van der Waals surface area contributed by atoms with Gasteiger partial charge in [-0.2, -0.15) is 8.42 Å². The zero-order valence-electron chi connectivity index (χ0n) is 23.1. The Labute approximate surface area is 246 Å². The van der Waals surface area contributed by atoms with Gasteiger partial charge < -0.3 is 24.3 Å². The van der Waals surface area contributed by atoms with Crippen LogP contribution < -0.4 is 10.1 Å². The first-order valence-corrected chi connectivity index (χ1v) is 15.1. The molecular weight excluding hydrogens is 592 g/mol. The second kappa shape index (κ2) is 11.9. The molecule has 2 saturated heterocycles. The molecule has 2 aromatic carbocycles. The lowest BCUT2D eigenvalue weighted by molar-refractivity contribution is -0.216. The minimum absolute atomic E-state index is 0.0103. The molecule has 2 amide bonds. The third-order valence-electron chi connectivity index (χ3n) is 6.88. The predicted octanol–water partition coefficient (Wildman–Crippen LogP) is 2.42. The van der Waals surface area contributed by atoms with Gasteiger partial charge in [-0.3, -0.25) is 19.0 Å². The van der Waals surface area contributed by atoms with Crippen LogP contribution in [0.25, 0.3) is 0 Å². The molecule has 4 rings (SSSR count). The lowest BCUT2D eigenvalue weighted by atomic mass is 9.91. The number of thioether (sulfide) groups is 1. The molecule has 0 radical (unpaired) electrons. The SMILES string of the molecule is CCOC(=O)Oc1ccc([C@H](C(=O)N[C@H]2C(=O)N3[C@@H]2SC(C)(C)[C@]3(OC)C(=O)OCc2ccccc2)S(=O)(=O)O)cc1. The summed E-state index contributed by atoms with van der Waals surface area (Å²) in [5, 5.41) is -0.502. The highest BCUT2D eigenvalue weighted by molar-refractivity contribution is 8.01. The van der Waals surface area contributed by atoms with Gasteiger partial charge in [0.05, 0.1) is 11.4 Å². The van der Waals surface area contributed by atoms with Crippen LogP contribution in [-0.4, -0.2) is 77.4 Å². The number of methoxy groups -OCH3 is 1. The number of ether oxygens (including phenoxy) is 4. The quantitative estimate of drug-likeness (QED) is 0.172. The zero-order chi connectivity index (χ0) is 30.9. The Morgan fingerprint density at radius 1 is 1.07 bits per heavy atom. The number of amides is 2. The van der Waals surface area contributed by atoms with E-state index in [1.165, 1.54) is 48.0 Å². The third-order valence-corrected chi connectivity index (χ3v) is 9.55. The van der Waals surface area contributed by atoms with E-state index in [9.17, 15) is 32.1 Å². The van der Waals surface area contributed by atoms with Gasteiger partial charge in [-0.05, 0) is 44.0 Å². The van der Waals surface area contributed by atoms with Crippen LogP contribution in [0.15, 0.2) is 54.6 Å². The molecule has 2 aliphatic heterocycles. The Bertz CT molecular complexity index is 1460. The van der Waals surface area contributed by atoms with Crippen molar-refractivity contribution in [3.63, 3.8) is 0 Å². The van der Waals surface area contributed by atoms with Gasteiger partial charge in [-0.25, -0.2) is 9.59 Å². The summed E-state index contributed by atoms with van der Waals surface area (Å²) < 4.78 is 54.2. The highest BCUT2D eigenvalue weighted by Crippen LogP contribution is 2.57. The summed E-state index contributed by atoms with van der Waals surface area (Å²) >= 11 is 1.17. The highest BCUT2D eigenvalue weighted by Gasteiger charge is 2.74. The molecule has 0 saturated carbocycles. The van der Waals surface area contributed by atoms with Crippen molar-refractivity contribution in [2.75, 3.05) is 13.7 Å². The second-order valence-corrected chi connectivity index (χ2v) is 13.1. The topological polar surface area (TPSA) is 175 Å². The zero-order valence-corrected chi connectivity index (χ0v) is 24.8. The Balaban J connectivity index is 1.51. The van der Waals surface area contributed by atoms with Crippen LogP contribution in [0.1, 0.15) is 37.1 Å². The van der Waals surface area contributed by atoms with Crippen molar-refractivity contribution in [2.45, 2.75) is 54.5 Å². The molecule has 42 heavy (non-hydrogen) atoms. The highest BCUT2D eigenvalue weighted by atomic mass is 32.2. The first-order valence-electron chi connectivity index (χ1n) is 12.8. The number of hydrogen-bond acceptors (Lipinski definition) is 11. The van der Waals surface area contributed by atoms with Crippen molar-refractivity contribution in [2.24, 2.45) is 0 Å². The molecule has 0 aliphatic carbocycles.